The lowest BCUT2D eigenvalue weighted by Gasteiger charge is -2.30. The average Bonchev–Trinajstić information content (AvgIpc) is 2.55. The molecule has 0 atom stereocenters. The first-order chi connectivity index (χ1) is 11.5. The van der Waals surface area contributed by atoms with Crippen molar-refractivity contribution < 1.29 is 9.53 Å². The van der Waals surface area contributed by atoms with E-state index < -0.39 is 0 Å². The first kappa shape index (κ1) is 17.1. The van der Waals surface area contributed by atoms with Crippen LogP contribution in [0.1, 0.15) is 15.9 Å². The second kappa shape index (κ2) is 7.43. The summed E-state index contributed by atoms with van der Waals surface area (Å²) in [6.45, 7) is 4.81. The molecule has 1 N–H and O–H groups in total. The van der Waals surface area contributed by atoms with E-state index in [1.54, 1.807) is 18.2 Å². The maximum atomic E-state index is 12.6. The van der Waals surface area contributed by atoms with Crippen molar-refractivity contribution in [2.24, 2.45) is 0 Å². The summed E-state index contributed by atoms with van der Waals surface area (Å²) in [5, 5.41) is 3.93. The molecule has 3 rings (SSSR count). The molecule has 1 fully saturated rings. The van der Waals surface area contributed by atoms with Crippen LogP contribution < -0.4 is 10.2 Å². The largest absolute Gasteiger partial charge is 0.378 e. The van der Waals surface area contributed by atoms with Gasteiger partial charge in [-0.2, -0.15) is 0 Å². The Morgan fingerprint density at radius 2 is 1.88 bits per heavy atom. The second-order valence-corrected chi connectivity index (χ2v) is 6.54. The Labute approximate surface area is 151 Å². The molecule has 2 aromatic rings. The molecule has 24 heavy (non-hydrogen) atoms. The minimum atomic E-state index is -0.253. The van der Waals surface area contributed by atoms with Crippen molar-refractivity contribution in [2.45, 2.75) is 6.92 Å². The predicted molar refractivity (Wildman–Crippen MR) is 98.6 cm³/mol. The van der Waals surface area contributed by atoms with Gasteiger partial charge in [-0.3, -0.25) is 4.79 Å². The summed E-state index contributed by atoms with van der Waals surface area (Å²) in [7, 11) is 0. The second-order valence-electron chi connectivity index (χ2n) is 5.70. The van der Waals surface area contributed by atoms with Gasteiger partial charge < -0.3 is 15.0 Å². The third-order valence-electron chi connectivity index (χ3n) is 3.93. The van der Waals surface area contributed by atoms with Crippen LogP contribution >= 0.6 is 23.2 Å². The number of rotatable bonds is 3. The van der Waals surface area contributed by atoms with E-state index >= 15 is 0 Å². The molecular weight excluding hydrogens is 347 g/mol. The van der Waals surface area contributed by atoms with Crippen LogP contribution in [0.2, 0.25) is 10.0 Å². The summed E-state index contributed by atoms with van der Waals surface area (Å²) in [4.78, 5) is 14.8. The van der Waals surface area contributed by atoms with Gasteiger partial charge in [0, 0.05) is 18.1 Å². The number of ether oxygens (including phenoxy) is 1. The van der Waals surface area contributed by atoms with Crippen LogP contribution in [0.4, 0.5) is 11.4 Å². The molecule has 1 amide bonds. The van der Waals surface area contributed by atoms with Crippen LogP contribution in [0.3, 0.4) is 0 Å². The molecule has 0 radical (unpaired) electrons. The van der Waals surface area contributed by atoms with Crippen LogP contribution in [0.15, 0.2) is 36.4 Å². The minimum Gasteiger partial charge on any atom is -0.378 e. The van der Waals surface area contributed by atoms with Gasteiger partial charge in [0.2, 0.25) is 0 Å². The van der Waals surface area contributed by atoms with Gasteiger partial charge >= 0.3 is 0 Å². The third-order valence-corrected chi connectivity index (χ3v) is 4.48. The quantitative estimate of drug-likeness (QED) is 0.877. The molecule has 2 aromatic carbocycles. The number of carbonyl (C=O) groups is 1. The van der Waals surface area contributed by atoms with Gasteiger partial charge in [0.15, 0.2) is 0 Å². The first-order valence-electron chi connectivity index (χ1n) is 7.74. The van der Waals surface area contributed by atoms with Crippen LogP contribution in [0.5, 0.6) is 0 Å². The van der Waals surface area contributed by atoms with Crippen molar-refractivity contribution in [3.63, 3.8) is 0 Å². The molecule has 1 saturated heterocycles. The zero-order valence-corrected chi connectivity index (χ0v) is 14.8. The van der Waals surface area contributed by atoms with Crippen molar-refractivity contribution >= 4 is 40.5 Å². The van der Waals surface area contributed by atoms with Crippen molar-refractivity contribution in [1.29, 1.82) is 0 Å². The van der Waals surface area contributed by atoms with Gasteiger partial charge in [-0.1, -0.05) is 29.3 Å². The number of halogens is 2. The van der Waals surface area contributed by atoms with Crippen molar-refractivity contribution in [2.75, 3.05) is 36.5 Å². The van der Waals surface area contributed by atoms with E-state index in [1.807, 2.05) is 25.1 Å². The van der Waals surface area contributed by atoms with Gasteiger partial charge in [-0.25, -0.2) is 0 Å². The summed E-state index contributed by atoms with van der Waals surface area (Å²) in [6.07, 6.45) is 0. The van der Waals surface area contributed by atoms with Gasteiger partial charge in [-0.15, -0.1) is 0 Å². The number of amides is 1. The molecule has 0 saturated carbocycles. The number of nitrogens with one attached hydrogen (secondary N) is 1. The molecule has 1 aliphatic rings. The molecular formula is C18H18Cl2N2O2. The van der Waals surface area contributed by atoms with Gasteiger partial charge in [-0.05, 0) is 42.8 Å². The average molecular weight is 365 g/mol. The third kappa shape index (κ3) is 3.83. The number of hydrogen-bond donors (Lipinski definition) is 1. The van der Waals surface area contributed by atoms with E-state index in [1.165, 1.54) is 0 Å². The topological polar surface area (TPSA) is 41.6 Å². The van der Waals surface area contributed by atoms with Crippen molar-refractivity contribution in [1.82, 2.24) is 0 Å². The lowest BCUT2D eigenvalue weighted by molar-refractivity contribution is 0.102. The summed E-state index contributed by atoms with van der Waals surface area (Å²) >= 11 is 12.3. The smallest absolute Gasteiger partial charge is 0.257 e. The summed E-state index contributed by atoms with van der Waals surface area (Å²) in [5.41, 5.74) is 3.05. The summed E-state index contributed by atoms with van der Waals surface area (Å²) in [5.74, 6) is -0.253. The zero-order chi connectivity index (χ0) is 17.1. The number of morpholine rings is 1. The van der Waals surface area contributed by atoms with Crippen LogP contribution in [-0.2, 0) is 4.74 Å². The van der Waals surface area contributed by atoms with Crippen LogP contribution in [0, 0.1) is 6.92 Å². The Kier molecular flexibility index (Phi) is 5.29. The fourth-order valence-electron chi connectivity index (χ4n) is 2.68. The SMILES string of the molecule is Cc1ccc(C(=O)Nc2cc(Cl)ccc2N2CCOCC2)c(Cl)c1. The van der Waals surface area contributed by atoms with Gasteiger partial charge in [0.1, 0.15) is 0 Å². The fraction of sp³-hybridized carbons (Fsp3) is 0.278. The molecule has 6 heteroatoms. The maximum absolute atomic E-state index is 12.6. The Hall–Kier alpha value is -1.75. The molecule has 0 bridgehead atoms. The van der Waals surface area contributed by atoms with E-state index in [2.05, 4.69) is 10.2 Å². The number of anilines is 2. The Morgan fingerprint density at radius 1 is 1.12 bits per heavy atom. The Balaban J connectivity index is 1.88. The number of benzene rings is 2. The normalized spacial score (nSPS) is 14.5. The van der Waals surface area contributed by atoms with E-state index in [9.17, 15) is 4.79 Å². The maximum Gasteiger partial charge on any atom is 0.257 e. The zero-order valence-electron chi connectivity index (χ0n) is 13.3. The predicted octanol–water partition coefficient (Wildman–Crippen LogP) is 4.39. The Bertz CT molecular complexity index is 759. The monoisotopic (exact) mass is 364 g/mol. The van der Waals surface area contributed by atoms with E-state index in [0.29, 0.717) is 34.5 Å². The molecule has 4 nitrogen and oxygen atoms in total. The molecule has 126 valence electrons. The lowest BCUT2D eigenvalue weighted by atomic mass is 10.1. The van der Waals surface area contributed by atoms with Gasteiger partial charge in [0.25, 0.3) is 5.91 Å². The molecule has 1 heterocycles. The number of hydrogen-bond acceptors (Lipinski definition) is 3. The molecule has 1 aliphatic heterocycles. The Morgan fingerprint density at radius 3 is 2.58 bits per heavy atom. The highest BCUT2D eigenvalue weighted by Gasteiger charge is 2.18. The number of aryl methyl sites for hydroxylation is 1. The van der Waals surface area contributed by atoms with Crippen LogP contribution in [0.25, 0.3) is 0 Å². The summed E-state index contributed by atoms with van der Waals surface area (Å²) in [6, 6.07) is 10.9. The fourth-order valence-corrected chi connectivity index (χ4v) is 3.18. The number of carbonyl (C=O) groups excluding carboxylic acids is 1. The van der Waals surface area contributed by atoms with E-state index in [-0.39, 0.29) is 5.91 Å². The highest BCUT2D eigenvalue weighted by molar-refractivity contribution is 6.34. The molecule has 0 aliphatic carbocycles. The highest BCUT2D eigenvalue weighted by atomic mass is 35.5. The van der Waals surface area contributed by atoms with Crippen molar-refractivity contribution in [3.05, 3.63) is 57.6 Å². The molecule has 0 spiro atoms. The first-order valence-corrected chi connectivity index (χ1v) is 8.50. The van der Waals surface area contributed by atoms with E-state index in [0.717, 1.165) is 24.3 Å². The van der Waals surface area contributed by atoms with Crippen LogP contribution in [-0.4, -0.2) is 32.2 Å². The summed E-state index contributed by atoms with van der Waals surface area (Å²) < 4.78 is 5.39. The minimum absolute atomic E-state index is 0.253. The van der Waals surface area contributed by atoms with Gasteiger partial charge in [0.05, 0.1) is 35.2 Å². The lowest BCUT2D eigenvalue weighted by Crippen LogP contribution is -2.36. The molecule has 0 unspecified atom stereocenters. The molecule has 0 aromatic heterocycles. The highest BCUT2D eigenvalue weighted by Crippen LogP contribution is 2.31. The number of nitrogens with zero attached hydrogens (tertiary/aromatic N) is 1. The van der Waals surface area contributed by atoms with E-state index in [4.69, 9.17) is 27.9 Å². The standard InChI is InChI=1S/C18H18Cl2N2O2/c1-12-2-4-14(15(20)10-12)18(23)21-16-11-13(19)3-5-17(16)22-6-8-24-9-7-22/h2-5,10-11H,6-9H2,1H3,(H,21,23). The van der Waals surface area contributed by atoms with Crippen molar-refractivity contribution in [3.8, 4) is 0 Å².